The van der Waals surface area contributed by atoms with Crippen LogP contribution >= 0.6 is 0 Å². The number of ether oxygens (including phenoxy) is 6. The Morgan fingerprint density at radius 2 is 0.493 bits per heavy atom. The first-order valence-electron chi connectivity index (χ1n) is 26.1. The summed E-state index contributed by atoms with van der Waals surface area (Å²) in [7, 11) is 14.5. The first-order valence-corrected chi connectivity index (χ1v) is 26.1. The summed E-state index contributed by atoms with van der Waals surface area (Å²) < 4.78 is 31.7. The molecule has 0 fully saturated rings. The van der Waals surface area contributed by atoms with E-state index in [1.807, 2.05) is 28.2 Å². The fourth-order valence-electron chi connectivity index (χ4n) is 4.49. The van der Waals surface area contributed by atoms with Crippen LogP contribution in [0.15, 0.2) is 0 Å². The lowest BCUT2D eigenvalue weighted by molar-refractivity contribution is -0.121. The molecule has 0 heterocycles. The van der Waals surface area contributed by atoms with E-state index >= 15 is 0 Å². The van der Waals surface area contributed by atoms with Gasteiger partial charge < -0.3 is 113 Å². The van der Waals surface area contributed by atoms with Gasteiger partial charge in [-0.1, -0.05) is 27.7 Å². The molecule has 0 aromatic heterocycles. The van der Waals surface area contributed by atoms with Gasteiger partial charge in [0.2, 0.25) is 23.6 Å². The number of amides is 4. The van der Waals surface area contributed by atoms with Crippen LogP contribution in [0.5, 0.6) is 0 Å². The average Bonchev–Trinajstić information content (AvgIpc) is 3.38. The summed E-state index contributed by atoms with van der Waals surface area (Å²) in [5, 5.41) is 46.3. The summed E-state index contributed by atoms with van der Waals surface area (Å²) in [6.45, 7) is 30.0. The number of rotatable bonds is 47. The number of nitrogens with one attached hydrogen (secondary N) is 16. The molecular weight excluding hydrogens is 949 g/mol. The molecule has 0 aliphatic rings. The van der Waals surface area contributed by atoms with Gasteiger partial charge in [0.15, 0.2) is 0 Å². The number of hydrogen-bond donors (Lipinski definition) is 16. The molecule has 0 radical (unpaired) electrons. The lowest BCUT2D eigenvalue weighted by Crippen LogP contribution is -2.40. The van der Waals surface area contributed by atoms with E-state index in [9.17, 15) is 19.2 Å². The van der Waals surface area contributed by atoms with E-state index in [1.54, 1.807) is 28.2 Å². The minimum absolute atomic E-state index is 0.0512. The molecule has 442 valence electrons. The Hall–Kier alpha value is -2.84. The fraction of sp³-hybridized carbons (Fsp3) is 0.915. The monoisotopic (exact) mass is 1060 g/mol. The van der Waals surface area contributed by atoms with E-state index in [0.29, 0.717) is 105 Å². The Bertz CT molecular complexity index is 967. The number of carbonyl (C=O) groups is 4. The number of carbonyl (C=O) groups excluding carboxylic acids is 4. The summed E-state index contributed by atoms with van der Waals surface area (Å²) in [5.41, 5.74) is 0. The van der Waals surface area contributed by atoms with Crippen LogP contribution in [0.4, 0.5) is 0 Å². The second-order valence-corrected chi connectivity index (χ2v) is 14.7. The highest BCUT2D eigenvalue weighted by atomic mass is 16.5. The summed E-state index contributed by atoms with van der Waals surface area (Å²) in [5.74, 6) is -0.250. The molecule has 73 heavy (non-hydrogen) atoms. The van der Waals surface area contributed by atoms with Gasteiger partial charge in [-0.2, -0.15) is 0 Å². The maximum Gasteiger partial charge on any atom is 0.234 e. The van der Waals surface area contributed by atoms with Gasteiger partial charge in [-0.25, -0.2) is 0 Å². The zero-order chi connectivity index (χ0) is 55.8. The first-order chi connectivity index (χ1) is 35.6. The molecule has 0 aromatic carbocycles. The normalized spacial score (nSPS) is 10.1. The predicted octanol–water partition coefficient (Wildman–Crippen LogP) is -5.37. The molecule has 0 atom stereocenters. The Morgan fingerprint density at radius 1 is 0.260 bits per heavy atom. The van der Waals surface area contributed by atoms with Crippen LogP contribution in [0.25, 0.3) is 0 Å². The van der Waals surface area contributed by atoms with E-state index in [2.05, 4.69) is 113 Å². The molecule has 0 bridgehead atoms. The minimum Gasteiger partial charge on any atom is -0.378 e. The highest BCUT2D eigenvalue weighted by molar-refractivity contribution is 5.79. The van der Waals surface area contributed by atoms with Gasteiger partial charge in [-0.15, -0.1) is 0 Å². The van der Waals surface area contributed by atoms with Crippen molar-refractivity contribution in [2.24, 2.45) is 0 Å². The molecule has 4 amide bonds. The number of likely N-dealkylation sites (N-methyl/N-ethyl adjacent to an activating group) is 10. The highest BCUT2D eigenvalue weighted by Gasteiger charge is 2.01. The Morgan fingerprint density at radius 3 is 0.712 bits per heavy atom. The van der Waals surface area contributed by atoms with Crippen LogP contribution in [0, 0.1) is 0 Å². The van der Waals surface area contributed by atoms with Crippen molar-refractivity contribution < 1.29 is 47.6 Å². The quantitative estimate of drug-likeness (QED) is 0.0200. The Kier molecular flexibility index (Phi) is 92.9. The third-order valence-corrected chi connectivity index (χ3v) is 8.04. The second-order valence-electron chi connectivity index (χ2n) is 14.7. The molecule has 16 N–H and O–H groups in total. The molecule has 0 aromatic rings. The van der Waals surface area contributed by atoms with E-state index < -0.39 is 0 Å². The average molecular weight is 1060 g/mol. The zero-order valence-corrected chi connectivity index (χ0v) is 48.0. The van der Waals surface area contributed by atoms with Crippen LogP contribution in [-0.2, 0) is 47.6 Å². The van der Waals surface area contributed by atoms with Gasteiger partial charge in [0, 0.05) is 72.1 Å². The lowest BCUT2D eigenvalue weighted by Gasteiger charge is -2.08. The molecule has 0 aliphatic heterocycles. The molecular formula is C47H114N16O10. The zero-order valence-electron chi connectivity index (χ0n) is 48.0. The van der Waals surface area contributed by atoms with Crippen LogP contribution < -0.4 is 85.1 Å². The van der Waals surface area contributed by atoms with Crippen molar-refractivity contribution in [3.63, 3.8) is 0 Å². The number of hydrogen-bond acceptors (Lipinski definition) is 22. The van der Waals surface area contributed by atoms with Gasteiger partial charge in [0.25, 0.3) is 0 Å². The summed E-state index contributed by atoms with van der Waals surface area (Å²) >= 11 is 0. The lowest BCUT2D eigenvalue weighted by atomic mass is 10.5. The third-order valence-electron chi connectivity index (χ3n) is 8.04. The fourth-order valence-corrected chi connectivity index (χ4v) is 4.49. The van der Waals surface area contributed by atoms with Crippen molar-refractivity contribution >= 4 is 23.6 Å². The second kappa shape index (κ2) is 83.2. The van der Waals surface area contributed by atoms with Crippen LogP contribution in [0.3, 0.4) is 0 Å². The van der Waals surface area contributed by atoms with Gasteiger partial charge >= 0.3 is 0 Å². The molecule has 0 aliphatic carbocycles. The van der Waals surface area contributed by atoms with E-state index in [4.69, 9.17) is 28.4 Å². The van der Waals surface area contributed by atoms with Gasteiger partial charge in [-0.3, -0.25) is 19.2 Å². The maximum atomic E-state index is 11.1. The molecule has 0 spiro atoms. The van der Waals surface area contributed by atoms with Crippen LogP contribution in [-0.4, -0.2) is 284 Å². The summed E-state index contributed by atoms with van der Waals surface area (Å²) in [4.78, 5) is 43.9. The highest BCUT2D eigenvalue weighted by Crippen LogP contribution is 1.80. The largest absolute Gasteiger partial charge is 0.378 e. The van der Waals surface area contributed by atoms with Gasteiger partial charge in [-0.05, 0) is 82.6 Å². The molecule has 26 heteroatoms. The van der Waals surface area contributed by atoms with Crippen LogP contribution in [0.2, 0.25) is 0 Å². The standard InChI is InChI=1S/C12H26N4O4.C10H24N2O2.C8H18N4O2.C8H20N2O2.C6H16N2.C3H10N2/c1-13-9-11(17)15-3-5-19-7-8-20-6-4-16-12(18)10-14-2;1-3-11-5-7-13-9-10-14-8-6-12-4-2;1-9-5-7(13)11-3-4-12-8(14)6-10-2;1-9-3-5-11-7-8-12-6-4-10-2;1-3-7-5-6-8-4-2;1-4-3-5-2/h13-14H,3-10H2,1-2H3,(H,15,17)(H,16,18);11-12H,3-10H2,1-2H3;9-10H,3-6H2,1-2H3,(H,11,13)(H,12,14);9-10H,3-8H2,1-2H3;7-8H,3-6H2,1-2H3;4-5H,3H2,1-2H3. The maximum absolute atomic E-state index is 11.1. The van der Waals surface area contributed by atoms with Gasteiger partial charge in [0.05, 0.1) is 105 Å². The van der Waals surface area contributed by atoms with E-state index in [1.165, 1.54) is 0 Å². The van der Waals surface area contributed by atoms with Gasteiger partial charge in [0.1, 0.15) is 0 Å². The molecule has 0 saturated heterocycles. The smallest absolute Gasteiger partial charge is 0.234 e. The molecule has 0 unspecified atom stereocenters. The summed E-state index contributed by atoms with van der Waals surface area (Å²) in [6, 6.07) is 0. The predicted molar refractivity (Wildman–Crippen MR) is 298 cm³/mol. The van der Waals surface area contributed by atoms with Crippen molar-refractivity contribution in [2.45, 2.75) is 27.7 Å². The third kappa shape index (κ3) is 98.9. The summed E-state index contributed by atoms with van der Waals surface area (Å²) in [6.07, 6.45) is 0. The first kappa shape index (κ1) is 81.5. The van der Waals surface area contributed by atoms with Crippen molar-refractivity contribution in [3.8, 4) is 0 Å². The van der Waals surface area contributed by atoms with Crippen molar-refractivity contribution in [3.05, 3.63) is 0 Å². The van der Waals surface area contributed by atoms with Crippen LogP contribution in [0.1, 0.15) is 27.7 Å². The van der Waals surface area contributed by atoms with E-state index in [0.717, 1.165) is 98.5 Å². The topological polar surface area (TPSA) is 316 Å². The molecule has 26 nitrogen and oxygen atoms in total. The van der Waals surface area contributed by atoms with Crippen molar-refractivity contribution in [1.82, 2.24) is 85.1 Å². The molecule has 0 saturated carbocycles. The molecule has 0 rings (SSSR count). The SMILES string of the molecule is CCNCCNCC.CCNCCOCCOCCNCC.CNCC(=O)NCCNC(=O)CNC.CNCC(=O)NCCOCCOCCNC(=O)CNC.CNCCOCCOCCNC.CNCNC. The Labute approximate surface area is 443 Å². The minimum atomic E-state index is -0.0737. The van der Waals surface area contributed by atoms with Crippen molar-refractivity contribution in [2.75, 3.05) is 260 Å². The van der Waals surface area contributed by atoms with E-state index in [-0.39, 0.29) is 23.6 Å². The van der Waals surface area contributed by atoms with Crippen molar-refractivity contribution in [1.29, 1.82) is 0 Å². The Balaban J connectivity index is -0.000000192.